The molecule has 0 aliphatic carbocycles. The van der Waals surface area contributed by atoms with E-state index in [9.17, 15) is 9.59 Å². The molecule has 0 unspecified atom stereocenters. The van der Waals surface area contributed by atoms with Gasteiger partial charge >= 0.3 is 0 Å². The number of anilines is 1. The Labute approximate surface area is 72.0 Å². The Bertz CT molecular complexity index is 324. The number of carbonyl (C=O) groups is 2. The first-order valence-corrected chi connectivity index (χ1v) is 3.46. The van der Waals surface area contributed by atoms with Gasteiger partial charge in [0.05, 0.1) is 0 Å². The molecule has 1 aromatic rings. The van der Waals surface area contributed by atoms with Gasteiger partial charge in [-0.1, -0.05) is 18.2 Å². The summed E-state index contributed by atoms with van der Waals surface area (Å²) < 4.78 is 6.63. The number of aldehydes is 1. The smallest absolute Gasteiger partial charge is 0.290 e. The maximum atomic E-state index is 11.0. The molecule has 0 aliphatic heterocycles. The van der Waals surface area contributed by atoms with E-state index in [2.05, 4.69) is 0 Å². The Balaban J connectivity index is 2.86. The van der Waals surface area contributed by atoms with Crippen LogP contribution in [-0.2, 0) is 9.59 Å². The van der Waals surface area contributed by atoms with Crippen molar-refractivity contribution in [3.05, 3.63) is 30.3 Å². The van der Waals surface area contributed by atoms with E-state index in [-0.39, 0.29) is 0 Å². The molecule has 1 aromatic carbocycles. The Kier molecular flexibility index (Phi) is 2.15. The third kappa shape index (κ3) is 1.69. The molecule has 0 bridgehead atoms. The lowest BCUT2D eigenvalue weighted by Gasteiger charge is -2.12. The van der Waals surface area contributed by atoms with Crippen molar-refractivity contribution in [2.24, 2.45) is 0 Å². The minimum atomic E-state index is -1.20. The van der Waals surface area contributed by atoms with Crippen LogP contribution in [-0.4, -0.2) is 19.2 Å². The van der Waals surface area contributed by atoms with Crippen molar-refractivity contribution < 1.29 is 11.0 Å². The zero-order valence-electron chi connectivity index (χ0n) is 7.65. The van der Waals surface area contributed by atoms with Crippen LogP contribution >= 0.6 is 0 Å². The van der Waals surface area contributed by atoms with Crippen LogP contribution < -0.4 is 4.90 Å². The van der Waals surface area contributed by atoms with Gasteiger partial charge in [-0.3, -0.25) is 9.59 Å². The van der Waals surface area contributed by atoms with E-state index in [1.54, 1.807) is 24.3 Å². The first-order valence-electron chi connectivity index (χ1n) is 3.96. The molecule has 0 saturated carbocycles. The van der Waals surface area contributed by atoms with Gasteiger partial charge in [-0.15, -0.1) is 0 Å². The van der Waals surface area contributed by atoms with E-state index in [4.69, 9.17) is 1.37 Å². The number of amides is 1. The zero-order valence-corrected chi connectivity index (χ0v) is 6.65. The summed E-state index contributed by atoms with van der Waals surface area (Å²) in [6.45, 7) is 0. The van der Waals surface area contributed by atoms with E-state index in [0.29, 0.717) is 5.69 Å². The first kappa shape index (κ1) is 7.03. The molecule has 1 amide bonds. The number of nitrogens with zero attached hydrogens (tertiary/aromatic N) is 1. The fourth-order valence-corrected chi connectivity index (χ4v) is 0.837. The second-order valence-corrected chi connectivity index (χ2v) is 2.30. The highest BCUT2D eigenvalue weighted by Crippen LogP contribution is 2.09. The molecule has 0 fully saturated rings. The molecule has 0 aromatic heterocycles. The lowest BCUT2D eigenvalue weighted by molar-refractivity contribution is -0.129. The van der Waals surface area contributed by atoms with Crippen molar-refractivity contribution >= 4 is 17.9 Å². The highest BCUT2D eigenvalue weighted by Gasteiger charge is 2.07. The summed E-state index contributed by atoms with van der Waals surface area (Å²) in [4.78, 5) is 22.6. The molecule has 12 heavy (non-hydrogen) atoms. The minimum absolute atomic E-state index is 0.605. The van der Waals surface area contributed by atoms with Crippen LogP contribution in [0.1, 0.15) is 1.37 Å². The lowest BCUT2D eigenvalue weighted by atomic mass is 10.3. The third-order valence-electron chi connectivity index (χ3n) is 1.54. The number of hydrogen-bond acceptors (Lipinski definition) is 2. The minimum Gasteiger partial charge on any atom is -0.309 e. The highest BCUT2D eigenvalue weighted by atomic mass is 16.2. The fourth-order valence-electron chi connectivity index (χ4n) is 0.837. The summed E-state index contributed by atoms with van der Waals surface area (Å²) in [6.07, 6.45) is -1.20. The van der Waals surface area contributed by atoms with Gasteiger partial charge < -0.3 is 4.90 Å². The number of hydrogen-bond donors (Lipinski definition) is 0. The molecule has 0 atom stereocenters. The van der Waals surface area contributed by atoms with E-state index < -0.39 is 12.2 Å². The second-order valence-electron chi connectivity index (χ2n) is 2.30. The van der Waals surface area contributed by atoms with Crippen molar-refractivity contribution in [2.45, 2.75) is 0 Å². The summed E-state index contributed by atoms with van der Waals surface area (Å²) in [5.74, 6) is -0.828. The molecule has 0 saturated heterocycles. The van der Waals surface area contributed by atoms with E-state index in [0.717, 1.165) is 4.90 Å². The standard InChI is InChI=1S/C9H9NO2/c1-10(9(12)7-11)8-5-3-2-4-6-8/h2-7H,1H3/i7D. The number of likely N-dealkylation sites (N-methyl/N-ethyl adjacent to an activating group) is 1. The molecule has 0 aliphatic rings. The highest BCUT2D eigenvalue weighted by molar-refractivity contribution is 6.30. The molecule has 0 heterocycles. The van der Waals surface area contributed by atoms with Gasteiger partial charge in [0.2, 0.25) is 6.26 Å². The van der Waals surface area contributed by atoms with Gasteiger partial charge in [-0.2, -0.15) is 0 Å². The molecule has 3 nitrogen and oxygen atoms in total. The van der Waals surface area contributed by atoms with Crippen LogP contribution in [0.15, 0.2) is 30.3 Å². The van der Waals surface area contributed by atoms with E-state index >= 15 is 0 Å². The van der Waals surface area contributed by atoms with Crippen LogP contribution in [0, 0.1) is 0 Å². The number of benzene rings is 1. The monoisotopic (exact) mass is 164 g/mol. The Morgan fingerprint density at radius 1 is 1.50 bits per heavy atom. The SMILES string of the molecule is [2H]C(=O)C(=O)N(C)c1ccccc1. The largest absolute Gasteiger partial charge is 0.309 e. The Morgan fingerprint density at radius 2 is 2.08 bits per heavy atom. The molecule has 0 N–H and O–H groups in total. The van der Waals surface area contributed by atoms with Crippen molar-refractivity contribution in [3.63, 3.8) is 0 Å². The van der Waals surface area contributed by atoms with Gasteiger partial charge in [0.25, 0.3) is 5.91 Å². The predicted molar refractivity (Wildman–Crippen MR) is 45.9 cm³/mol. The summed E-state index contributed by atoms with van der Waals surface area (Å²) >= 11 is 0. The van der Waals surface area contributed by atoms with Gasteiger partial charge in [-0.05, 0) is 12.1 Å². The van der Waals surface area contributed by atoms with Crippen LogP contribution in [0.5, 0.6) is 0 Å². The van der Waals surface area contributed by atoms with Crippen molar-refractivity contribution in [1.82, 2.24) is 0 Å². The van der Waals surface area contributed by atoms with E-state index in [1.807, 2.05) is 6.07 Å². The number of rotatable bonds is 2. The molecule has 0 radical (unpaired) electrons. The van der Waals surface area contributed by atoms with Crippen molar-refractivity contribution in [1.29, 1.82) is 0 Å². The Hall–Kier alpha value is -1.64. The normalized spacial score (nSPS) is 10.2. The lowest BCUT2D eigenvalue weighted by Crippen LogP contribution is -2.26. The first-order chi connectivity index (χ1) is 6.13. The summed E-state index contributed by atoms with van der Waals surface area (Å²) in [5, 5.41) is 0. The average Bonchev–Trinajstić information content (AvgIpc) is 2.17. The van der Waals surface area contributed by atoms with Gasteiger partial charge in [-0.25, -0.2) is 0 Å². The summed E-state index contributed by atoms with van der Waals surface area (Å²) in [6, 6.07) is 8.72. The fraction of sp³-hybridized carbons (Fsp3) is 0.111. The number of carbonyl (C=O) groups excluding carboxylic acids is 2. The van der Waals surface area contributed by atoms with Crippen LogP contribution in [0.2, 0.25) is 0 Å². The van der Waals surface area contributed by atoms with Crippen LogP contribution in [0.4, 0.5) is 5.69 Å². The molecule has 0 spiro atoms. The molecular weight excluding hydrogens is 154 g/mol. The van der Waals surface area contributed by atoms with Crippen molar-refractivity contribution in [2.75, 3.05) is 11.9 Å². The molecule has 1 rings (SSSR count). The molecule has 3 heteroatoms. The van der Waals surface area contributed by atoms with Gasteiger partial charge in [0, 0.05) is 12.7 Å². The van der Waals surface area contributed by atoms with Crippen LogP contribution in [0.25, 0.3) is 0 Å². The van der Waals surface area contributed by atoms with Crippen molar-refractivity contribution in [3.8, 4) is 0 Å². The molecular formula is C9H9NO2. The second kappa shape index (κ2) is 3.67. The topological polar surface area (TPSA) is 37.4 Å². The summed E-state index contributed by atoms with van der Waals surface area (Å²) in [7, 11) is 1.46. The maximum Gasteiger partial charge on any atom is 0.290 e. The van der Waals surface area contributed by atoms with E-state index in [1.165, 1.54) is 7.05 Å². The Morgan fingerprint density at radius 3 is 2.58 bits per heavy atom. The maximum absolute atomic E-state index is 11.0. The van der Waals surface area contributed by atoms with Gasteiger partial charge in [0.1, 0.15) is 1.37 Å². The number of para-hydroxylation sites is 1. The quantitative estimate of drug-likeness (QED) is 0.480. The average molecular weight is 164 g/mol. The summed E-state index contributed by atoms with van der Waals surface area (Å²) in [5.41, 5.74) is 0.605. The third-order valence-corrected chi connectivity index (χ3v) is 1.54. The predicted octanol–water partition coefficient (Wildman–Crippen LogP) is 0.848. The molecule has 62 valence electrons. The van der Waals surface area contributed by atoms with Gasteiger partial charge in [0.15, 0.2) is 0 Å². The van der Waals surface area contributed by atoms with Crippen LogP contribution in [0.3, 0.4) is 0 Å². The zero-order chi connectivity index (χ0) is 9.84.